The number of hydrogen-bond donors (Lipinski definition) is 4. The van der Waals surface area contributed by atoms with E-state index in [0.29, 0.717) is 31.9 Å². The standard InChI is InChI=1S/C31H28N6O4S2/c1-31(2,3)41-30(40)37-23-12-5-4-11-22(23)35-28(39)26-14-13-25(43-26)27(38)33-20-9-6-10-21(16-20)34-29-36-24(18-42-29)19-8-7-15-32-17-19/h4-18H,1-3H3,(H,33,38)(H,34,36)(H,35,39)(H,37,40). The molecule has 0 aliphatic carbocycles. The van der Waals surface area contributed by atoms with Gasteiger partial charge in [-0.25, -0.2) is 9.78 Å². The summed E-state index contributed by atoms with van der Waals surface area (Å²) in [5.74, 6) is -0.760. The van der Waals surface area contributed by atoms with Crippen LogP contribution in [0.4, 0.5) is 32.7 Å². The molecule has 12 heteroatoms. The Labute approximate surface area is 256 Å². The molecule has 218 valence electrons. The van der Waals surface area contributed by atoms with Crippen molar-refractivity contribution < 1.29 is 19.1 Å². The van der Waals surface area contributed by atoms with Crippen molar-refractivity contribution in [2.24, 2.45) is 0 Å². The highest BCUT2D eigenvalue weighted by Gasteiger charge is 2.19. The van der Waals surface area contributed by atoms with Crippen LogP contribution in [0.25, 0.3) is 11.3 Å². The Morgan fingerprint density at radius 3 is 2.19 bits per heavy atom. The third-order valence-corrected chi connectivity index (χ3v) is 7.54. The smallest absolute Gasteiger partial charge is 0.412 e. The summed E-state index contributed by atoms with van der Waals surface area (Å²) >= 11 is 2.52. The Hall–Kier alpha value is -5.07. The van der Waals surface area contributed by atoms with Gasteiger partial charge in [0.25, 0.3) is 11.8 Å². The molecule has 10 nitrogen and oxygen atoms in total. The van der Waals surface area contributed by atoms with E-state index in [1.165, 1.54) is 11.3 Å². The number of rotatable bonds is 8. The largest absolute Gasteiger partial charge is 0.444 e. The number of pyridine rings is 1. The van der Waals surface area contributed by atoms with Crippen molar-refractivity contribution in [1.82, 2.24) is 9.97 Å². The van der Waals surface area contributed by atoms with E-state index in [1.54, 1.807) is 81.7 Å². The van der Waals surface area contributed by atoms with Gasteiger partial charge < -0.3 is 20.7 Å². The molecule has 5 rings (SSSR count). The van der Waals surface area contributed by atoms with E-state index in [1.807, 2.05) is 29.6 Å². The van der Waals surface area contributed by atoms with E-state index in [4.69, 9.17) is 4.74 Å². The second-order valence-electron chi connectivity index (χ2n) is 10.2. The van der Waals surface area contributed by atoms with Crippen LogP contribution in [0.2, 0.25) is 0 Å². The van der Waals surface area contributed by atoms with E-state index in [9.17, 15) is 14.4 Å². The van der Waals surface area contributed by atoms with E-state index < -0.39 is 17.6 Å². The number of para-hydroxylation sites is 2. The Bertz CT molecular complexity index is 1760. The monoisotopic (exact) mass is 612 g/mol. The van der Waals surface area contributed by atoms with E-state index >= 15 is 0 Å². The number of ether oxygens (including phenoxy) is 1. The van der Waals surface area contributed by atoms with Crippen LogP contribution in [0.5, 0.6) is 0 Å². The molecule has 0 fully saturated rings. The van der Waals surface area contributed by atoms with Gasteiger partial charge in [0.05, 0.1) is 26.8 Å². The maximum Gasteiger partial charge on any atom is 0.412 e. The van der Waals surface area contributed by atoms with Gasteiger partial charge in [-0.05, 0) is 75.4 Å². The molecule has 43 heavy (non-hydrogen) atoms. The van der Waals surface area contributed by atoms with Crippen LogP contribution in [0.15, 0.2) is 90.6 Å². The zero-order valence-electron chi connectivity index (χ0n) is 23.5. The predicted molar refractivity (Wildman–Crippen MR) is 172 cm³/mol. The van der Waals surface area contributed by atoms with Gasteiger partial charge >= 0.3 is 6.09 Å². The summed E-state index contributed by atoms with van der Waals surface area (Å²) in [6.45, 7) is 5.29. The molecule has 4 N–H and O–H groups in total. The van der Waals surface area contributed by atoms with Crippen molar-refractivity contribution in [1.29, 1.82) is 0 Å². The first-order chi connectivity index (χ1) is 20.6. The molecule has 3 aromatic heterocycles. The molecule has 3 heterocycles. The van der Waals surface area contributed by atoms with Crippen LogP contribution in [0, 0.1) is 0 Å². The summed E-state index contributed by atoms with van der Waals surface area (Å²) in [4.78, 5) is 47.7. The third kappa shape index (κ3) is 8.03. The van der Waals surface area contributed by atoms with Crippen molar-refractivity contribution in [3.8, 4) is 11.3 Å². The van der Waals surface area contributed by atoms with Crippen LogP contribution in [-0.4, -0.2) is 33.5 Å². The van der Waals surface area contributed by atoms with Crippen molar-refractivity contribution in [2.45, 2.75) is 26.4 Å². The molecule has 3 amide bonds. The van der Waals surface area contributed by atoms with Crippen molar-refractivity contribution in [2.75, 3.05) is 21.3 Å². The zero-order chi connectivity index (χ0) is 30.4. The molecule has 0 unspecified atom stereocenters. The molecule has 0 bridgehead atoms. The first kappa shape index (κ1) is 29.4. The van der Waals surface area contributed by atoms with Gasteiger partial charge in [0.1, 0.15) is 5.60 Å². The molecule has 2 aromatic carbocycles. The predicted octanol–water partition coefficient (Wildman–Crippen LogP) is 7.86. The van der Waals surface area contributed by atoms with Gasteiger partial charge in [0.15, 0.2) is 5.13 Å². The minimum absolute atomic E-state index is 0.334. The first-order valence-electron chi connectivity index (χ1n) is 13.2. The second-order valence-corrected chi connectivity index (χ2v) is 12.2. The Kier molecular flexibility index (Phi) is 8.79. The van der Waals surface area contributed by atoms with Gasteiger partial charge in [-0.15, -0.1) is 22.7 Å². The topological polar surface area (TPSA) is 134 Å². The highest BCUT2D eigenvalue weighted by atomic mass is 32.1. The minimum Gasteiger partial charge on any atom is -0.444 e. The van der Waals surface area contributed by atoms with Crippen LogP contribution < -0.4 is 21.3 Å². The molecule has 0 atom stereocenters. The van der Waals surface area contributed by atoms with E-state index in [2.05, 4.69) is 31.2 Å². The fourth-order valence-electron chi connectivity index (χ4n) is 3.85. The molecule has 0 radical (unpaired) electrons. The molecule has 0 saturated carbocycles. The molecular weight excluding hydrogens is 585 g/mol. The minimum atomic E-state index is -0.667. The quantitative estimate of drug-likeness (QED) is 0.140. The summed E-state index contributed by atoms with van der Waals surface area (Å²) in [5, 5.41) is 14.3. The Morgan fingerprint density at radius 2 is 1.49 bits per heavy atom. The number of benzene rings is 2. The summed E-state index contributed by atoms with van der Waals surface area (Å²) in [5.41, 5.74) is 3.22. The molecule has 5 aromatic rings. The summed E-state index contributed by atoms with van der Waals surface area (Å²) in [6, 6.07) is 21.1. The summed E-state index contributed by atoms with van der Waals surface area (Å²) < 4.78 is 5.31. The number of hydrogen-bond acceptors (Lipinski definition) is 9. The number of amides is 3. The number of nitrogens with one attached hydrogen (secondary N) is 4. The summed E-state index contributed by atoms with van der Waals surface area (Å²) in [7, 11) is 0. The van der Waals surface area contributed by atoms with Crippen molar-refractivity contribution >= 4 is 68.5 Å². The number of anilines is 5. The van der Waals surface area contributed by atoms with E-state index in [0.717, 1.165) is 28.3 Å². The fraction of sp³-hybridized carbons (Fsp3) is 0.129. The molecule has 0 aliphatic rings. The Morgan fingerprint density at radius 1 is 0.791 bits per heavy atom. The SMILES string of the molecule is CC(C)(C)OC(=O)Nc1ccccc1NC(=O)c1ccc(C(=O)Nc2cccc(Nc3nc(-c4cccnc4)cs3)c2)s1. The van der Waals surface area contributed by atoms with Gasteiger partial charge in [-0.2, -0.15) is 0 Å². The number of nitrogens with zero attached hydrogens (tertiary/aromatic N) is 2. The molecular formula is C31H28N6O4S2. The molecule has 0 aliphatic heterocycles. The lowest BCUT2D eigenvalue weighted by Crippen LogP contribution is -2.27. The number of thiazole rings is 1. The van der Waals surface area contributed by atoms with Crippen molar-refractivity contribution in [3.63, 3.8) is 0 Å². The fourth-order valence-corrected chi connectivity index (χ4v) is 5.39. The lowest BCUT2D eigenvalue weighted by molar-refractivity contribution is 0.0635. The number of carbonyl (C=O) groups is 3. The second kappa shape index (κ2) is 12.8. The van der Waals surface area contributed by atoms with Crippen LogP contribution >= 0.6 is 22.7 Å². The number of thiophene rings is 1. The average molecular weight is 613 g/mol. The van der Waals surface area contributed by atoms with Gasteiger partial charge in [0.2, 0.25) is 0 Å². The van der Waals surface area contributed by atoms with Crippen LogP contribution in [0.1, 0.15) is 40.1 Å². The Balaban J connectivity index is 1.20. The number of aromatic nitrogens is 2. The first-order valence-corrected chi connectivity index (χ1v) is 14.9. The van der Waals surface area contributed by atoms with E-state index in [-0.39, 0.29) is 5.91 Å². The number of carbonyl (C=O) groups excluding carboxylic acids is 3. The van der Waals surface area contributed by atoms with Crippen molar-refractivity contribution in [3.05, 3.63) is 100 Å². The van der Waals surface area contributed by atoms with Gasteiger partial charge in [-0.3, -0.25) is 19.9 Å². The normalized spacial score (nSPS) is 11.0. The maximum atomic E-state index is 13.0. The summed E-state index contributed by atoms with van der Waals surface area (Å²) in [6.07, 6.45) is 2.84. The highest BCUT2D eigenvalue weighted by Crippen LogP contribution is 2.28. The maximum absolute atomic E-state index is 13.0. The van der Waals surface area contributed by atoms with Gasteiger partial charge in [0, 0.05) is 34.7 Å². The lowest BCUT2D eigenvalue weighted by Gasteiger charge is -2.20. The van der Waals surface area contributed by atoms with Gasteiger partial charge in [-0.1, -0.05) is 18.2 Å². The molecule has 0 saturated heterocycles. The average Bonchev–Trinajstić information content (AvgIpc) is 3.65. The zero-order valence-corrected chi connectivity index (χ0v) is 25.1. The third-order valence-electron chi connectivity index (χ3n) is 5.70. The molecule has 0 spiro atoms. The van der Waals surface area contributed by atoms with Crippen LogP contribution in [-0.2, 0) is 4.74 Å². The highest BCUT2D eigenvalue weighted by molar-refractivity contribution is 7.16. The lowest BCUT2D eigenvalue weighted by atomic mass is 10.2. The van der Waals surface area contributed by atoms with Crippen LogP contribution in [0.3, 0.4) is 0 Å².